The quantitative estimate of drug-likeness (QED) is 0.518. The van der Waals surface area contributed by atoms with Crippen LogP contribution in [0.5, 0.6) is 0 Å². The van der Waals surface area contributed by atoms with E-state index in [0.29, 0.717) is 6.54 Å². The molecule has 174 valence electrons. The van der Waals surface area contributed by atoms with Crippen molar-refractivity contribution in [2.75, 3.05) is 58.9 Å². The molecule has 0 N–H and O–H groups in total. The van der Waals surface area contributed by atoms with Gasteiger partial charge in [-0.25, -0.2) is 4.98 Å². The maximum atomic E-state index is 12.8. The smallest absolute Gasteiger partial charge is 0.236 e. The van der Waals surface area contributed by atoms with Gasteiger partial charge in [-0.1, -0.05) is 36.4 Å². The molecular weight excluding hydrogens is 450 g/mol. The van der Waals surface area contributed by atoms with Crippen LogP contribution >= 0.6 is 22.7 Å². The molecule has 2 fully saturated rings. The normalized spacial score (nSPS) is 18.6. The molecule has 0 spiro atoms. The number of aromatic nitrogens is 1. The van der Waals surface area contributed by atoms with Gasteiger partial charge in [0.25, 0.3) is 0 Å². The Bertz CT molecular complexity index is 1010. The number of hydrogen-bond acceptors (Lipinski definition) is 7. The minimum atomic E-state index is 0.284. The van der Waals surface area contributed by atoms with Gasteiger partial charge in [-0.15, -0.1) is 22.7 Å². The number of thiazole rings is 1. The van der Waals surface area contributed by atoms with E-state index in [-0.39, 0.29) is 5.91 Å². The first kappa shape index (κ1) is 22.7. The molecule has 3 aromatic rings. The first-order valence-corrected chi connectivity index (χ1v) is 13.5. The van der Waals surface area contributed by atoms with E-state index in [1.54, 1.807) is 11.3 Å². The fourth-order valence-electron chi connectivity index (χ4n) is 4.50. The van der Waals surface area contributed by atoms with Crippen LogP contribution in [0.2, 0.25) is 0 Å². The van der Waals surface area contributed by atoms with E-state index in [4.69, 9.17) is 4.98 Å². The third kappa shape index (κ3) is 6.07. The molecule has 1 aromatic carbocycles. The number of piperazine rings is 2. The predicted octanol–water partition coefficient (Wildman–Crippen LogP) is 3.33. The fourth-order valence-corrected chi connectivity index (χ4v) is 6.06. The Morgan fingerprint density at radius 1 is 0.788 bits per heavy atom. The van der Waals surface area contributed by atoms with Crippen LogP contribution in [-0.2, 0) is 17.9 Å². The number of hydrogen-bond donors (Lipinski definition) is 0. The molecule has 0 radical (unpaired) electrons. The highest BCUT2D eigenvalue weighted by Gasteiger charge is 2.25. The Hall–Kier alpha value is -2.10. The van der Waals surface area contributed by atoms with E-state index >= 15 is 0 Å². The van der Waals surface area contributed by atoms with Gasteiger partial charge in [0.2, 0.25) is 5.91 Å². The summed E-state index contributed by atoms with van der Waals surface area (Å²) in [7, 11) is 0. The number of nitrogens with zero attached hydrogens (tertiary/aromatic N) is 5. The lowest BCUT2D eigenvalue weighted by atomic mass is 10.2. The molecule has 0 saturated carbocycles. The third-order valence-electron chi connectivity index (χ3n) is 6.47. The summed E-state index contributed by atoms with van der Waals surface area (Å²) in [6.07, 6.45) is 0. The molecule has 6 nitrogen and oxygen atoms in total. The van der Waals surface area contributed by atoms with Crippen molar-refractivity contribution in [2.24, 2.45) is 0 Å². The molecule has 33 heavy (non-hydrogen) atoms. The number of benzene rings is 1. The average Bonchev–Trinajstić information content (AvgIpc) is 3.54. The largest absolute Gasteiger partial charge is 0.339 e. The molecule has 4 heterocycles. The average molecular weight is 482 g/mol. The van der Waals surface area contributed by atoms with Crippen molar-refractivity contribution < 1.29 is 4.79 Å². The number of rotatable bonds is 7. The zero-order chi connectivity index (χ0) is 22.5. The van der Waals surface area contributed by atoms with Gasteiger partial charge in [0.1, 0.15) is 5.01 Å². The Balaban J connectivity index is 1.03. The van der Waals surface area contributed by atoms with Crippen molar-refractivity contribution in [3.63, 3.8) is 0 Å². The lowest BCUT2D eigenvalue weighted by Crippen LogP contribution is -2.53. The van der Waals surface area contributed by atoms with Gasteiger partial charge in [-0.2, -0.15) is 0 Å². The van der Waals surface area contributed by atoms with Crippen LogP contribution in [0.1, 0.15) is 10.6 Å². The summed E-state index contributed by atoms with van der Waals surface area (Å²) >= 11 is 3.53. The van der Waals surface area contributed by atoms with Crippen molar-refractivity contribution in [3.8, 4) is 10.6 Å². The SMILES string of the molecule is O=C(CN1CCN(Cc2csc(-c3ccccc3)n2)CC1)N1CCN(Cc2cccs2)CC1. The second kappa shape index (κ2) is 10.9. The number of carbonyl (C=O) groups is 1. The molecular formula is C25H31N5OS2. The number of carbonyl (C=O) groups excluding carboxylic acids is 1. The van der Waals surface area contributed by atoms with Crippen molar-refractivity contribution >= 4 is 28.6 Å². The van der Waals surface area contributed by atoms with Crippen LogP contribution in [0, 0.1) is 0 Å². The highest BCUT2D eigenvalue weighted by atomic mass is 32.1. The lowest BCUT2D eigenvalue weighted by molar-refractivity contribution is -0.134. The molecule has 1 amide bonds. The summed E-state index contributed by atoms with van der Waals surface area (Å²) in [4.78, 5) is 28.4. The Morgan fingerprint density at radius 2 is 1.48 bits per heavy atom. The van der Waals surface area contributed by atoms with Crippen molar-refractivity contribution in [1.82, 2.24) is 24.6 Å². The minimum absolute atomic E-state index is 0.284. The van der Waals surface area contributed by atoms with Gasteiger partial charge in [0.15, 0.2) is 0 Å². The number of amides is 1. The van der Waals surface area contributed by atoms with E-state index < -0.39 is 0 Å². The van der Waals surface area contributed by atoms with Gasteiger partial charge in [0, 0.05) is 81.3 Å². The summed E-state index contributed by atoms with van der Waals surface area (Å²) in [5.41, 5.74) is 2.33. The van der Waals surface area contributed by atoms with Crippen LogP contribution in [0.4, 0.5) is 0 Å². The molecule has 2 aliphatic rings. The minimum Gasteiger partial charge on any atom is -0.339 e. The molecule has 2 saturated heterocycles. The molecule has 0 aliphatic carbocycles. The molecule has 0 bridgehead atoms. The van der Waals surface area contributed by atoms with E-state index in [1.165, 1.54) is 10.4 Å². The van der Waals surface area contributed by atoms with Crippen LogP contribution < -0.4 is 0 Å². The van der Waals surface area contributed by atoms with Crippen LogP contribution in [0.15, 0.2) is 53.2 Å². The maximum absolute atomic E-state index is 12.8. The molecule has 2 aliphatic heterocycles. The summed E-state index contributed by atoms with van der Waals surface area (Å²) in [5.74, 6) is 0.284. The highest BCUT2D eigenvalue weighted by Crippen LogP contribution is 2.24. The molecule has 5 rings (SSSR count). The monoisotopic (exact) mass is 481 g/mol. The van der Waals surface area contributed by atoms with Crippen molar-refractivity contribution in [2.45, 2.75) is 13.1 Å². The predicted molar refractivity (Wildman–Crippen MR) is 135 cm³/mol. The summed E-state index contributed by atoms with van der Waals surface area (Å²) in [6.45, 7) is 9.93. The van der Waals surface area contributed by atoms with E-state index in [2.05, 4.69) is 66.8 Å². The highest BCUT2D eigenvalue weighted by molar-refractivity contribution is 7.13. The summed E-state index contributed by atoms with van der Waals surface area (Å²) in [5, 5.41) is 5.40. The number of thiophene rings is 1. The zero-order valence-corrected chi connectivity index (χ0v) is 20.6. The Morgan fingerprint density at radius 3 is 2.21 bits per heavy atom. The van der Waals surface area contributed by atoms with Crippen LogP contribution in [0.3, 0.4) is 0 Å². The standard InChI is InChI=1S/C25H31N5OS2/c31-24(30-14-12-28(13-15-30)18-23-7-4-16-32-23)19-29-10-8-27(9-11-29)17-22-20-33-25(26-22)21-5-2-1-3-6-21/h1-7,16,20H,8-15,17-19H2. The summed E-state index contributed by atoms with van der Waals surface area (Å²) in [6, 6.07) is 14.7. The van der Waals surface area contributed by atoms with E-state index in [9.17, 15) is 4.79 Å². The third-order valence-corrected chi connectivity index (χ3v) is 8.27. The Kier molecular flexibility index (Phi) is 7.48. The first-order chi connectivity index (χ1) is 16.2. The molecule has 0 atom stereocenters. The maximum Gasteiger partial charge on any atom is 0.236 e. The summed E-state index contributed by atoms with van der Waals surface area (Å²) < 4.78 is 0. The lowest BCUT2D eigenvalue weighted by Gasteiger charge is -2.37. The van der Waals surface area contributed by atoms with Gasteiger partial charge >= 0.3 is 0 Å². The van der Waals surface area contributed by atoms with Gasteiger partial charge < -0.3 is 4.90 Å². The molecule has 8 heteroatoms. The van der Waals surface area contributed by atoms with E-state index in [0.717, 1.165) is 76.1 Å². The second-order valence-corrected chi connectivity index (χ2v) is 10.7. The molecule has 2 aromatic heterocycles. The Labute approximate surface area is 204 Å². The second-order valence-electron chi connectivity index (χ2n) is 8.80. The first-order valence-electron chi connectivity index (χ1n) is 11.7. The van der Waals surface area contributed by atoms with Gasteiger partial charge in [0.05, 0.1) is 12.2 Å². The van der Waals surface area contributed by atoms with Crippen molar-refractivity contribution in [1.29, 1.82) is 0 Å². The molecule has 0 unspecified atom stereocenters. The zero-order valence-electron chi connectivity index (χ0n) is 18.9. The van der Waals surface area contributed by atoms with Crippen LogP contribution in [0.25, 0.3) is 10.6 Å². The topological polar surface area (TPSA) is 42.9 Å². The van der Waals surface area contributed by atoms with Crippen molar-refractivity contribution in [3.05, 3.63) is 63.8 Å². The van der Waals surface area contributed by atoms with Gasteiger partial charge in [-0.3, -0.25) is 19.5 Å². The van der Waals surface area contributed by atoms with E-state index in [1.807, 2.05) is 17.4 Å². The fraction of sp³-hybridized carbons (Fsp3) is 0.440. The van der Waals surface area contributed by atoms with Crippen LogP contribution in [-0.4, -0.2) is 89.4 Å². The van der Waals surface area contributed by atoms with Gasteiger partial charge in [-0.05, 0) is 11.4 Å².